The first-order valence-electron chi connectivity index (χ1n) is 32.4. The second-order valence-electron chi connectivity index (χ2n) is 23.5. The van der Waals surface area contributed by atoms with Gasteiger partial charge >= 0.3 is 0 Å². The van der Waals surface area contributed by atoms with Crippen molar-refractivity contribution in [2.75, 3.05) is 77.7 Å². The molecule has 3 aromatic heterocycles. The molecule has 3 atom stereocenters. The minimum Gasteiger partial charge on any atom is -0.457 e. The van der Waals surface area contributed by atoms with Gasteiger partial charge in [0.05, 0.1) is 10.6 Å². The van der Waals surface area contributed by atoms with Gasteiger partial charge in [0.15, 0.2) is 5.78 Å². The molecule has 516 valence electrons. The fourth-order valence-electron chi connectivity index (χ4n) is 11.6. The summed E-state index contributed by atoms with van der Waals surface area (Å²) in [5.41, 5.74) is 20.9. The molecule has 0 aliphatic carbocycles. The summed E-state index contributed by atoms with van der Waals surface area (Å²) in [6, 6.07) is 43.7. The van der Waals surface area contributed by atoms with Crippen LogP contribution in [0.3, 0.4) is 0 Å². The highest BCUT2D eigenvalue weighted by molar-refractivity contribution is 6.35. The number of carbonyl (C=O) groups excluding carboxylic acids is 6. The molecule has 24 nitrogen and oxygen atoms in total. The molecule has 9 aromatic rings. The van der Waals surface area contributed by atoms with Gasteiger partial charge in [-0.05, 0) is 142 Å². The lowest BCUT2D eigenvalue weighted by atomic mass is 10.0. The highest BCUT2D eigenvalue weighted by atomic mass is 35.5. The van der Waals surface area contributed by atoms with Crippen LogP contribution in [0.25, 0.3) is 0 Å². The SMILES string of the molecule is C=CC(=O)N1CCCC(Nc2ncnc(N)c2C(=O)c2ccc(Nc3ccccc3)cc2)C1.C=CC(=O)N1CCCC(Nc2ncnc(N)c2C(=O)c2ccc(Oc3ccccc3)cc2Cl)C1.C=CC(=O)N1CCCC(Nc2ncnc(N)c2C(=O)c2ccc(Oc3ccccc3)cc2F)C1. The van der Waals surface area contributed by atoms with E-state index in [2.05, 4.69) is 70.9 Å². The number of carbonyl (C=O) groups is 6. The molecule has 3 fully saturated rings. The van der Waals surface area contributed by atoms with Crippen LogP contribution in [0.4, 0.5) is 50.7 Å². The minimum atomic E-state index is -0.756. The van der Waals surface area contributed by atoms with Crippen molar-refractivity contribution in [1.29, 1.82) is 0 Å². The quantitative estimate of drug-likeness (QED) is 0.0259. The van der Waals surface area contributed by atoms with Gasteiger partial charge in [-0.15, -0.1) is 0 Å². The van der Waals surface area contributed by atoms with Crippen LogP contribution in [-0.4, -0.2) is 137 Å². The van der Waals surface area contributed by atoms with E-state index in [0.717, 1.165) is 56.0 Å². The fourth-order valence-corrected chi connectivity index (χ4v) is 11.8. The summed E-state index contributed by atoms with van der Waals surface area (Å²) in [5, 5.41) is 13.3. The van der Waals surface area contributed by atoms with E-state index < -0.39 is 17.4 Å². The van der Waals surface area contributed by atoms with Crippen LogP contribution in [0.2, 0.25) is 5.02 Å². The van der Waals surface area contributed by atoms with E-state index in [9.17, 15) is 33.2 Å². The number of ketones is 3. The molecule has 3 unspecified atom stereocenters. The standard InChI is InChI=1S/C25H24ClN5O3.C25H24FN5O3.C25H26N6O2/c2*1-2-21(32)31-12-6-7-16(14-31)30-25-22(24(27)28-15-29-25)23(33)19-11-10-18(13-20(19)26)34-17-8-4-3-5-9-17;1-2-21(32)31-14-6-9-20(15-31)30-25-22(24(26)27-16-28-25)23(33)17-10-12-19(13-11-17)29-18-7-4-3-5-8-18/h2*2-5,8-11,13,15-16H,1,6-7,12,14H2,(H3,27,28,29,30);2-5,7-8,10-13,16,20,29H,1,6,9,14-15H2,(H3,26,27,28,30). The monoisotopic (exact) mass is 1380 g/mol. The number of para-hydroxylation sites is 3. The first-order valence-corrected chi connectivity index (χ1v) is 32.8. The molecule has 6 heterocycles. The Morgan fingerprint density at radius 3 is 1.22 bits per heavy atom. The molecule has 6 aromatic carbocycles. The van der Waals surface area contributed by atoms with Gasteiger partial charge in [0.1, 0.15) is 99.4 Å². The van der Waals surface area contributed by atoms with Gasteiger partial charge in [-0.3, -0.25) is 28.8 Å². The first kappa shape index (κ1) is 71.4. The zero-order valence-corrected chi connectivity index (χ0v) is 55.8. The van der Waals surface area contributed by atoms with E-state index in [1.54, 1.807) is 69.3 Å². The number of nitrogens with one attached hydrogen (secondary N) is 4. The third-order valence-corrected chi connectivity index (χ3v) is 16.9. The van der Waals surface area contributed by atoms with E-state index in [4.69, 9.17) is 38.3 Å². The summed E-state index contributed by atoms with van der Waals surface area (Å²) >= 11 is 6.45. The Bertz CT molecular complexity index is 4290. The molecule has 10 N–H and O–H groups in total. The number of nitrogens with two attached hydrogens (primary N) is 3. The fraction of sp³-hybridized carbons (Fsp3) is 0.200. The number of benzene rings is 6. The number of nitrogen functional groups attached to an aromatic ring is 3. The predicted octanol–water partition coefficient (Wildman–Crippen LogP) is 11.8. The highest BCUT2D eigenvalue weighted by Gasteiger charge is 2.31. The lowest BCUT2D eigenvalue weighted by Gasteiger charge is -2.33. The van der Waals surface area contributed by atoms with E-state index in [-0.39, 0.29) is 103 Å². The van der Waals surface area contributed by atoms with Gasteiger partial charge in [-0.1, -0.05) is 85.9 Å². The Hall–Kier alpha value is -12.4. The highest BCUT2D eigenvalue weighted by Crippen LogP contribution is 2.34. The Morgan fingerprint density at radius 1 is 0.455 bits per heavy atom. The molecule has 0 bridgehead atoms. The van der Waals surface area contributed by atoms with E-state index in [1.807, 2.05) is 78.9 Å². The molecular weight excluding hydrogens is 1310 g/mol. The summed E-state index contributed by atoms with van der Waals surface area (Å²) in [6.45, 7) is 14.0. The number of ether oxygens (including phenoxy) is 2. The maximum atomic E-state index is 14.9. The summed E-state index contributed by atoms with van der Waals surface area (Å²) in [6.07, 6.45) is 12.6. The number of piperidine rings is 3. The number of aromatic nitrogens is 6. The second-order valence-corrected chi connectivity index (χ2v) is 23.9. The number of hydrogen-bond donors (Lipinski definition) is 7. The Labute approximate surface area is 587 Å². The van der Waals surface area contributed by atoms with Gasteiger partial charge < -0.3 is 62.6 Å². The zero-order chi connectivity index (χ0) is 71.4. The third kappa shape index (κ3) is 18.6. The van der Waals surface area contributed by atoms with Crippen LogP contribution < -0.4 is 47.9 Å². The van der Waals surface area contributed by atoms with Gasteiger partial charge in [0, 0.05) is 92.0 Å². The molecular formula is C75H74ClFN16O8. The van der Waals surface area contributed by atoms with Crippen LogP contribution in [0, 0.1) is 5.82 Å². The zero-order valence-electron chi connectivity index (χ0n) is 55.0. The molecule has 0 radical (unpaired) electrons. The van der Waals surface area contributed by atoms with Crippen molar-refractivity contribution < 1.29 is 42.6 Å². The Morgan fingerprint density at radius 2 is 0.822 bits per heavy atom. The molecule has 12 rings (SSSR count). The van der Waals surface area contributed by atoms with Crippen LogP contribution in [-0.2, 0) is 14.4 Å². The Balaban J connectivity index is 0.000000163. The lowest BCUT2D eigenvalue weighted by molar-refractivity contribution is -0.127. The van der Waals surface area contributed by atoms with Crippen molar-refractivity contribution in [3.63, 3.8) is 0 Å². The van der Waals surface area contributed by atoms with Crippen molar-refractivity contribution in [2.24, 2.45) is 0 Å². The van der Waals surface area contributed by atoms with Crippen molar-refractivity contribution in [3.8, 4) is 23.0 Å². The van der Waals surface area contributed by atoms with Gasteiger partial charge in [-0.2, -0.15) is 0 Å². The lowest BCUT2D eigenvalue weighted by Crippen LogP contribution is -2.44. The number of anilines is 8. The summed E-state index contributed by atoms with van der Waals surface area (Å²) in [5.74, 6) is 0.415. The number of likely N-dealkylation sites (tertiary alicyclic amines) is 3. The molecule has 101 heavy (non-hydrogen) atoms. The molecule has 26 heteroatoms. The molecule has 0 saturated carbocycles. The number of rotatable bonds is 21. The molecule has 3 amide bonds. The van der Waals surface area contributed by atoms with Crippen molar-refractivity contribution in [2.45, 2.75) is 56.7 Å². The van der Waals surface area contributed by atoms with Gasteiger partial charge in [0.25, 0.3) is 0 Å². The Kier molecular flexibility index (Phi) is 24.2. The normalized spacial score (nSPS) is 15.5. The van der Waals surface area contributed by atoms with Crippen LogP contribution in [0.1, 0.15) is 86.3 Å². The summed E-state index contributed by atoms with van der Waals surface area (Å²) in [4.78, 5) is 106. The maximum absolute atomic E-state index is 14.9. The van der Waals surface area contributed by atoms with Crippen molar-refractivity contribution in [3.05, 3.63) is 253 Å². The molecule has 3 aliphatic rings. The number of halogens is 2. The average molecular weight is 1380 g/mol. The third-order valence-electron chi connectivity index (χ3n) is 16.6. The van der Waals surface area contributed by atoms with Crippen LogP contribution >= 0.6 is 11.6 Å². The van der Waals surface area contributed by atoms with Gasteiger partial charge in [0.2, 0.25) is 29.3 Å². The molecule has 0 spiro atoms. The molecule has 3 aliphatic heterocycles. The average Bonchev–Trinajstić information content (AvgIpc) is 0.806. The largest absolute Gasteiger partial charge is 0.457 e. The second kappa shape index (κ2) is 34.2. The number of amides is 3. The van der Waals surface area contributed by atoms with Crippen LogP contribution in [0.5, 0.6) is 23.0 Å². The van der Waals surface area contributed by atoms with Crippen molar-refractivity contribution >= 4 is 93.0 Å². The smallest absolute Gasteiger partial charge is 0.246 e. The number of hydrogen-bond acceptors (Lipinski definition) is 21. The minimum absolute atomic E-state index is 0.0229. The summed E-state index contributed by atoms with van der Waals surface area (Å²) in [7, 11) is 0. The first-order chi connectivity index (χ1) is 49.0. The summed E-state index contributed by atoms with van der Waals surface area (Å²) < 4.78 is 26.4. The van der Waals surface area contributed by atoms with E-state index >= 15 is 0 Å². The predicted molar refractivity (Wildman–Crippen MR) is 387 cm³/mol. The van der Waals surface area contributed by atoms with E-state index in [1.165, 1.54) is 49.3 Å². The molecule has 3 saturated heterocycles. The maximum Gasteiger partial charge on any atom is 0.246 e. The van der Waals surface area contributed by atoms with Crippen LogP contribution in [0.15, 0.2) is 209 Å². The van der Waals surface area contributed by atoms with E-state index in [0.29, 0.717) is 73.7 Å². The number of nitrogens with zero attached hydrogens (tertiary/aromatic N) is 9. The topological polar surface area (TPSA) is 334 Å². The van der Waals surface area contributed by atoms with Crippen molar-refractivity contribution in [1.82, 2.24) is 44.6 Å². The van der Waals surface area contributed by atoms with Gasteiger partial charge in [-0.25, -0.2) is 34.3 Å².